The fourth-order valence-electron chi connectivity index (χ4n) is 3.13. The number of Topliss-reactive ketones (excluding diaryl/α,β-unsaturated/α-hetero) is 1. The molecule has 1 atom stereocenters. The molecular formula is C16H17Cl2NO. The summed E-state index contributed by atoms with van der Waals surface area (Å²) in [5, 5.41) is 10.2. The van der Waals surface area contributed by atoms with E-state index in [0.29, 0.717) is 15.6 Å². The highest BCUT2D eigenvalue weighted by molar-refractivity contribution is 6.36. The second-order valence-electron chi connectivity index (χ2n) is 6.48. The number of rotatable bonds is 3. The summed E-state index contributed by atoms with van der Waals surface area (Å²) in [7, 11) is 0. The summed E-state index contributed by atoms with van der Waals surface area (Å²) in [5.74, 6) is -1.13. The zero-order chi connectivity index (χ0) is 15.3. The molecule has 1 saturated carbocycles. The molecule has 0 radical (unpaired) electrons. The maximum Gasteiger partial charge on any atom is 0.158 e. The normalized spacial score (nSPS) is 21.1. The first-order chi connectivity index (χ1) is 9.16. The number of carbonyl (C=O) groups is 1. The fourth-order valence-corrected chi connectivity index (χ4v) is 3.75. The lowest BCUT2D eigenvalue weighted by Crippen LogP contribution is -2.17. The van der Waals surface area contributed by atoms with E-state index >= 15 is 0 Å². The van der Waals surface area contributed by atoms with Gasteiger partial charge in [0.15, 0.2) is 5.78 Å². The zero-order valence-electron chi connectivity index (χ0n) is 12.0. The Labute approximate surface area is 129 Å². The summed E-state index contributed by atoms with van der Waals surface area (Å²) in [6, 6.07) is 7.10. The second-order valence-corrected chi connectivity index (χ2v) is 7.29. The molecular weight excluding hydrogens is 293 g/mol. The molecule has 0 N–H and O–H groups in total. The molecule has 1 aliphatic rings. The SMILES string of the molecule is CC1(C)C(C(=O)C(C#N)c2c(Cl)cccc2Cl)C1(C)C. The van der Waals surface area contributed by atoms with Crippen molar-refractivity contribution >= 4 is 29.0 Å². The minimum atomic E-state index is -0.901. The van der Waals surface area contributed by atoms with Crippen molar-refractivity contribution in [3.8, 4) is 6.07 Å². The van der Waals surface area contributed by atoms with Gasteiger partial charge in [-0.25, -0.2) is 0 Å². The summed E-state index contributed by atoms with van der Waals surface area (Å²) in [6.45, 7) is 8.22. The first-order valence-electron chi connectivity index (χ1n) is 6.53. The maximum atomic E-state index is 12.7. The number of carbonyl (C=O) groups excluding carboxylic acids is 1. The Hall–Kier alpha value is -1.04. The number of ketones is 1. The molecule has 0 bridgehead atoms. The van der Waals surface area contributed by atoms with Crippen LogP contribution in [0.3, 0.4) is 0 Å². The Morgan fingerprint density at radius 2 is 1.65 bits per heavy atom. The molecule has 1 aliphatic carbocycles. The third kappa shape index (κ3) is 2.05. The molecule has 1 fully saturated rings. The van der Waals surface area contributed by atoms with Gasteiger partial charge >= 0.3 is 0 Å². The van der Waals surface area contributed by atoms with Crippen molar-refractivity contribution in [3.63, 3.8) is 0 Å². The first kappa shape index (κ1) is 15.4. The third-order valence-electron chi connectivity index (χ3n) is 5.01. The van der Waals surface area contributed by atoms with Crippen LogP contribution in [0.5, 0.6) is 0 Å². The fraction of sp³-hybridized carbons (Fsp3) is 0.500. The predicted molar refractivity (Wildman–Crippen MR) is 80.9 cm³/mol. The lowest BCUT2D eigenvalue weighted by Gasteiger charge is -2.13. The van der Waals surface area contributed by atoms with E-state index in [0.717, 1.165) is 0 Å². The molecule has 2 rings (SSSR count). The van der Waals surface area contributed by atoms with Gasteiger partial charge in [-0.15, -0.1) is 0 Å². The van der Waals surface area contributed by atoms with E-state index in [1.807, 2.05) is 0 Å². The van der Waals surface area contributed by atoms with Crippen molar-refractivity contribution in [2.45, 2.75) is 33.6 Å². The standard InChI is InChI=1S/C16H17Cl2NO/c1-15(2)14(16(15,3)4)13(20)9(8-19)12-10(17)6-5-7-11(12)18/h5-7,9,14H,1-4H3. The average molecular weight is 310 g/mol. The van der Waals surface area contributed by atoms with Crippen LogP contribution >= 0.6 is 23.2 Å². The molecule has 0 aromatic heterocycles. The van der Waals surface area contributed by atoms with Gasteiger partial charge in [-0.1, -0.05) is 57.0 Å². The Balaban J connectivity index is 2.41. The molecule has 4 heteroatoms. The lowest BCUT2D eigenvalue weighted by atomic mass is 9.90. The zero-order valence-corrected chi connectivity index (χ0v) is 13.5. The molecule has 0 spiro atoms. The van der Waals surface area contributed by atoms with Crippen molar-refractivity contribution in [1.82, 2.24) is 0 Å². The van der Waals surface area contributed by atoms with Crippen LogP contribution in [0.25, 0.3) is 0 Å². The maximum absolute atomic E-state index is 12.7. The number of benzene rings is 1. The topological polar surface area (TPSA) is 40.9 Å². The highest BCUT2D eigenvalue weighted by atomic mass is 35.5. The van der Waals surface area contributed by atoms with Crippen molar-refractivity contribution in [3.05, 3.63) is 33.8 Å². The van der Waals surface area contributed by atoms with Crippen LogP contribution in [-0.2, 0) is 4.79 Å². The molecule has 20 heavy (non-hydrogen) atoms. The van der Waals surface area contributed by atoms with Crippen LogP contribution in [0.4, 0.5) is 0 Å². The third-order valence-corrected chi connectivity index (χ3v) is 5.67. The Kier molecular flexibility index (Phi) is 3.65. The van der Waals surface area contributed by atoms with E-state index in [4.69, 9.17) is 23.2 Å². The average Bonchev–Trinajstić information content (AvgIpc) is 2.74. The molecule has 1 unspecified atom stereocenters. The van der Waals surface area contributed by atoms with Gasteiger partial charge in [-0.2, -0.15) is 5.26 Å². The summed E-state index contributed by atoms with van der Waals surface area (Å²) in [4.78, 5) is 12.7. The first-order valence-corrected chi connectivity index (χ1v) is 7.29. The second kappa shape index (κ2) is 4.76. The van der Waals surface area contributed by atoms with E-state index < -0.39 is 5.92 Å². The predicted octanol–water partition coefficient (Wildman–Crippen LogP) is 4.85. The molecule has 0 saturated heterocycles. The van der Waals surface area contributed by atoms with Crippen molar-refractivity contribution in [1.29, 1.82) is 5.26 Å². The minimum absolute atomic E-state index is 0.0856. The van der Waals surface area contributed by atoms with Gasteiger partial charge in [0.05, 0.1) is 6.07 Å². The van der Waals surface area contributed by atoms with Gasteiger partial charge in [0, 0.05) is 21.5 Å². The van der Waals surface area contributed by atoms with Crippen LogP contribution in [0.15, 0.2) is 18.2 Å². The van der Waals surface area contributed by atoms with Gasteiger partial charge in [0.25, 0.3) is 0 Å². The molecule has 0 aliphatic heterocycles. The number of nitriles is 1. The summed E-state index contributed by atoms with van der Waals surface area (Å²) in [5.41, 5.74) is 0.224. The van der Waals surface area contributed by atoms with Crippen molar-refractivity contribution in [2.75, 3.05) is 0 Å². The van der Waals surface area contributed by atoms with Crippen LogP contribution in [0.1, 0.15) is 39.2 Å². The van der Waals surface area contributed by atoms with E-state index in [9.17, 15) is 10.1 Å². The lowest BCUT2D eigenvalue weighted by molar-refractivity contribution is -0.121. The van der Waals surface area contributed by atoms with Gasteiger partial charge in [0.1, 0.15) is 5.92 Å². The largest absolute Gasteiger partial charge is 0.297 e. The number of nitrogens with zero attached hydrogens (tertiary/aromatic N) is 1. The molecule has 106 valence electrons. The smallest absolute Gasteiger partial charge is 0.158 e. The minimum Gasteiger partial charge on any atom is -0.297 e. The van der Waals surface area contributed by atoms with Gasteiger partial charge in [-0.3, -0.25) is 4.79 Å². The Bertz CT molecular complexity index is 579. The van der Waals surface area contributed by atoms with Gasteiger partial charge in [-0.05, 0) is 23.0 Å². The van der Waals surface area contributed by atoms with E-state index in [2.05, 4.69) is 33.8 Å². The number of halogens is 2. The summed E-state index contributed by atoms with van der Waals surface area (Å²) >= 11 is 12.3. The van der Waals surface area contributed by atoms with E-state index in [1.54, 1.807) is 18.2 Å². The molecule has 0 heterocycles. The van der Waals surface area contributed by atoms with E-state index in [-0.39, 0.29) is 22.5 Å². The van der Waals surface area contributed by atoms with E-state index in [1.165, 1.54) is 0 Å². The summed E-state index contributed by atoms with van der Waals surface area (Å²) < 4.78 is 0. The van der Waals surface area contributed by atoms with Crippen LogP contribution < -0.4 is 0 Å². The van der Waals surface area contributed by atoms with Crippen LogP contribution in [-0.4, -0.2) is 5.78 Å². The molecule has 2 nitrogen and oxygen atoms in total. The van der Waals surface area contributed by atoms with Crippen LogP contribution in [0, 0.1) is 28.1 Å². The monoisotopic (exact) mass is 309 g/mol. The number of hydrogen-bond acceptors (Lipinski definition) is 2. The summed E-state index contributed by atoms with van der Waals surface area (Å²) in [6.07, 6.45) is 0. The van der Waals surface area contributed by atoms with Crippen molar-refractivity contribution < 1.29 is 4.79 Å². The van der Waals surface area contributed by atoms with Crippen molar-refractivity contribution in [2.24, 2.45) is 16.7 Å². The number of hydrogen-bond donors (Lipinski definition) is 0. The van der Waals surface area contributed by atoms with Gasteiger partial charge < -0.3 is 0 Å². The molecule has 0 amide bonds. The highest BCUT2D eigenvalue weighted by Crippen LogP contribution is 2.69. The Morgan fingerprint density at radius 3 is 2.00 bits per heavy atom. The highest BCUT2D eigenvalue weighted by Gasteiger charge is 2.68. The Morgan fingerprint density at radius 1 is 1.20 bits per heavy atom. The van der Waals surface area contributed by atoms with Crippen LogP contribution in [0.2, 0.25) is 10.0 Å². The van der Waals surface area contributed by atoms with Gasteiger partial charge in [0.2, 0.25) is 0 Å². The molecule has 1 aromatic rings. The quantitative estimate of drug-likeness (QED) is 0.800. The molecule has 1 aromatic carbocycles.